The lowest BCUT2D eigenvalue weighted by Crippen LogP contribution is -2.14. The third-order valence-corrected chi connectivity index (χ3v) is 5.27. The van der Waals surface area contributed by atoms with Crippen molar-refractivity contribution in [2.24, 2.45) is 0 Å². The molecule has 0 bridgehead atoms. The Kier molecular flexibility index (Phi) is 3.87. The van der Waals surface area contributed by atoms with Gasteiger partial charge in [0.25, 0.3) is 0 Å². The molecule has 1 fully saturated rings. The minimum absolute atomic E-state index is 0.0225. The minimum Gasteiger partial charge on any atom is -0.291 e. The fraction of sp³-hybridized carbons (Fsp3) is 0.500. The highest BCUT2D eigenvalue weighted by Crippen LogP contribution is 2.40. The van der Waals surface area contributed by atoms with Gasteiger partial charge in [-0.1, -0.05) is 22.9 Å². The van der Waals surface area contributed by atoms with Crippen molar-refractivity contribution in [1.29, 1.82) is 0 Å². The zero-order valence-corrected chi connectivity index (χ0v) is 12.4. The first-order chi connectivity index (χ1) is 8.49. The molecular formula is C12H14BrNO3S. The van der Waals surface area contributed by atoms with Gasteiger partial charge in [0.15, 0.2) is 15.6 Å². The predicted molar refractivity (Wildman–Crippen MR) is 72.1 cm³/mol. The van der Waals surface area contributed by atoms with Crippen molar-refractivity contribution in [1.82, 2.24) is 4.98 Å². The van der Waals surface area contributed by atoms with E-state index in [1.165, 1.54) is 0 Å². The number of alkyl halides is 1. The molecule has 1 aromatic rings. The topological polar surface area (TPSA) is 64.1 Å². The predicted octanol–water partition coefficient (Wildman–Crippen LogP) is 2.33. The molecule has 0 saturated heterocycles. The van der Waals surface area contributed by atoms with Gasteiger partial charge in [-0.2, -0.15) is 0 Å². The molecule has 2 rings (SSSR count). The lowest BCUT2D eigenvalue weighted by atomic mass is 10.1. The minimum atomic E-state index is -3.42. The van der Waals surface area contributed by atoms with Crippen LogP contribution in [-0.2, 0) is 9.84 Å². The van der Waals surface area contributed by atoms with Crippen LogP contribution in [0.1, 0.15) is 41.7 Å². The maximum absolute atomic E-state index is 12.0. The first-order valence-corrected chi connectivity index (χ1v) is 8.58. The number of ketones is 1. The molecule has 4 nitrogen and oxygen atoms in total. The number of pyridine rings is 1. The number of carbonyl (C=O) groups excluding carboxylic acids is 1. The van der Waals surface area contributed by atoms with E-state index in [9.17, 15) is 13.2 Å². The van der Waals surface area contributed by atoms with Crippen LogP contribution in [0.25, 0.3) is 0 Å². The second kappa shape index (κ2) is 5.09. The number of rotatable bonds is 5. The molecule has 1 aliphatic carbocycles. The van der Waals surface area contributed by atoms with Gasteiger partial charge in [0.1, 0.15) is 5.69 Å². The molecule has 1 aliphatic rings. The molecule has 1 heterocycles. The Labute approximate surface area is 115 Å². The lowest BCUT2D eigenvalue weighted by Gasteiger charge is -2.08. The highest BCUT2D eigenvalue weighted by Gasteiger charge is 2.28. The number of carbonyl (C=O) groups is 1. The van der Waals surface area contributed by atoms with Gasteiger partial charge >= 0.3 is 0 Å². The summed E-state index contributed by atoms with van der Waals surface area (Å²) in [4.78, 5) is 15.9. The molecular weight excluding hydrogens is 318 g/mol. The Morgan fingerprint density at radius 2 is 2.17 bits per heavy atom. The number of aromatic nitrogens is 1. The van der Waals surface area contributed by atoms with Crippen LogP contribution in [0.3, 0.4) is 0 Å². The number of hydrogen-bond donors (Lipinski definition) is 0. The average Bonchev–Trinajstić information content (AvgIpc) is 3.21. The molecule has 1 aromatic heterocycles. The van der Waals surface area contributed by atoms with E-state index in [4.69, 9.17) is 0 Å². The first kappa shape index (κ1) is 13.7. The fourth-order valence-electron chi connectivity index (χ4n) is 1.76. The third-order valence-electron chi connectivity index (χ3n) is 3.02. The van der Waals surface area contributed by atoms with Crippen molar-refractivity contribution in [3.05, 3.63) is 23.5 Å². The van der Waals surface area contributed by atoms with Crippen molar-refractivity contribution in [2.45, 2.75) is 30.6 Å². The summed E-state index contributed by atoms with van der Waals surface area (Å²) in [6.07, 6.45) is 3.76. The van der Waals surface area contributed by atoms with Crippen LogP contribution in [0.4, 0.5) is 0 Å². The number of nitrogens with zero attached hydrogens (tertiary/aromatic N) is 1. The first-order valence-electron chi connectivity index (χ1n) is 5.81. The standard InChI is InChI=1S/C12H14BrNO3S/c1-2-18(16,17)11-5-9(8-3-4-8)7-14-12(11)10(15)6-13/h5,7-8H,2-4,6H2,1H3. The summed E-state index contributed by atoms with van der Waals surface area (Å²) in [7, 11) is -3.42. The maximum Gasteiger partial charge on any atom is 0.193 e. The van der Waals surface area contributed by atoms with Crippen molar-refractivity contribution in [3.8, 4) is 0 Å². The average molecular weight is 332 g/mol. The summed E-state index contributed by atoms with van der Waals surface area (Å²) in [6, 6.07) is 1.62. The highest BCUT2D eigenvalue weighted by molar-refractivity contribution is 9.09. The number of halogens is 1. The molecule has 0 aliphatic heterocycles. The van der Waals surface area contributed by atoms with Gasteiger partial charge in [-0.25, -0.2) is 8.42 Å². The van der Waals surface area contributed by atoms with Crippen molar-refractivity contribution < 1.29 is 13.2 Å². The zero-order chi connectivity index (χ0) is 13.3. The van der Waals surface area contributed by atoms with Crippen LogP contribution < -0.4 is 0 Å². The molecule has 0 spiro atoms. The van der Waals surface area contributed by atoms with E-state index in [-0.39, 0.29) is 27.5 Å². The Hall–Kier alpha value is -0.750. The quantitative estimate of drug-likeness (QED) is 0.613. The zero-order valence-electron chi connectivity index (χ0n) is 10.0. The van der Waals surface area contributed by atoms with Gasteiger partial charge < -0.3 is 0 Å². The normalized spacial score (nSPS) is 15.7. The van der Waals surface area contributed by atoms with Crippen molar-refractivity contribution >= 4 is 31.6 Å². The van der Waals surface area contributed by atoms with Gasteiger partial charge in [-0.05, 0) is 30.4 Å². The summed E-state index contributed by atoms with van der Waals surface area (Å²) in [6.45, 7) is 1.57. The summed E-state index contributed by atoms with van der Waals surface area (Å²) in [5, 5.41) is 0.0784. The molecule has 0 atom stereocenters. The Morgan fingerprint density at radius 3 is 2.67 bits per heavy atom. The van der Waals surface area contributed by atoms with Crippen LogP contribution in [0.2, 0.25) is 0 Å². The molecule has 0 N–H and O–H groups in total. The molecule has 0 amide bonds. The van der Waals surface area contributed by atoms with Gasteiger partial charge in [-0.15, -0.1) is 0 Å². The van der Waals surface area contributed by atoms with Gasteiger partial charge in [0, 0.05) is 6.20 Å². The van der Waals surface area contributed by atoms with Gasteiger partial charge in [0.05, 0.1) is 16.0 Å². The van der Waals surface area contributed by atoms with Gasteiger partial charge in [-0.3, -0.25) is 9.78 Å². The molecule has 0 unspecified atom stereocenters. The van der Waals surface area contributed by atoms with Crippen molar-refractivity contribution in [2.75, 3.05) is 11.1 Å². The Morgan fingerprint density at radius 1 is 1.50 bits per heavy atom. The van der Waals surface area contributed by atoms with Crippen LogP contribution in [-0.4, -0.2) is 30.3 Å². The van der Waals surface area contributed by atoms with E-state index in [0.29, 0.717) is 5.92 Å². The molecule has 1 saturated carbocycles. The van der Waals surface area contributed by atoms with Gasteiger partial charge in [0.2, 0.25) is 0 Å². The number of hydrogen-bond acceptors (Lipinski definition) is 4. The number of Topliss-reactive ketones (excluding diaryl/α,β-unsaturated/α-hetero) is 1. The second-order valence-electron chi connectivity index (χ2n) is 4.35. The molecule has 18 heavy (non-hydrogen) atoms. The smallest absolute Gasteiger partial charge is 0.193 e. The highest BCUT2D eigenvalue weighted by atomic mass is 79.9. The third kappa shape index (κ3) is 2.64. The molecule has 0 aromatic carbocycles. The molecule has 6 heteroatoms. The van der Waals surface area contributed by atoms with Crippen LogP contribution in [0.15, 0.2) is 17.2 Å². The van der Waals surface area contributed by atoms with Crippen LogP contribution in [0, 0.1) is 0 Å². The lowest BCUT2D eigenvalue weighted by molar-refractivity contribution is 0.101. The van der Waals surface area contributed by atoms with Crippen LogP contribution in [0.5, 0.6) is 0 Å². The largest absolute Gasteiger partial charge is 0.291 e. The van der Waals surface area contributed by atoms with E-state index in [1.54, 1.807) is 19.2 Å². The summed E-state index contributed by atoms with van der Waals surface area (Å²) in [5.74, 6) is 0.0894. The van der Waals surface area contributed by atoms with E-state index in [2.05, 4.69) is 20.9 Å². The Bertz CT molecular complexity index is 579. The van der Waals surface area contributed by atoms with E-state index >= 15 is 0 Å². The van der Waals surface area contributed by atoms with E-state index in [1.807, 2.05) is 0 Å². The number of sulfone groups is 1. The van der Waals surface area contributed by atoms with E-state index in [0.717, 1.165) is 18.4 Å². The SMILES string of the molecule is CCS(=O)(=O)c1cc(C2CC2)cnc1C(=O)CBr. The fourth-order valence-corrected chi connectivity index (χ4v) is 3.12. The monoisotopic (exact) mass is 331 g/mol. The van der Waals surface area contributed by atoms with Crippen molar-refractivity contribution in [3.63, 3.8) is 0 Å². The van der Waals surface area contributed by atoms with Crippen LogP contribution >= 0.6 is 15.9 Å². The Balaban J connectivity index is 2.56. The second-order valence-corrected chi connectivity index (χ2v) is 7.16. The summed E-state index contributed by atoms with van der Waals surface area (Å²) in [5.41, 5.74) is 0.978. The molecule has 0 radical (unpaired) electrons. The summed E-state index contributed by atoms with van der Waals surface area (Å²) < 4.78 is 24.1. The molecule has 98 valence electrons. The summed E-state index contributed by atoms with van der Waals surface area (Å²) >= 11 is 3.05. The maximum atomic E-state index is 12.0. The van der Waals surface area contributed by atoms with E-state index < -0.39 is 9.84 Å².